The van der Waals surface area contributed by atoms with Gasteiger partial charge in [0, 0.05) is 31.0 Å². The molecule has 102 valence electrons. The topological polar surface area (TPSA) is 41.3 Å². The summed E-state index contributed by atoms with van der Waals surface area (Å²) in [5.74, 6) is 1.01. The maximum Gasteiger partial charge on any atom is 0.118 e. The molecule has 0 aromatic carbocycles. The molecule has 0 saturated heterocycles. The van der Waals surface area contributed by atoms with E-state index < -0.39 is 0 Å². The smallest absolute Gasteiger partial charge is 0.118 e. The minimum absolute atomic E-state index is 0.836. The number of pyridine rings is 1. The maximum atomic E-state index is 5.59. The summed E-state index contributed by atoms with van der Waals surface area (Å²) in [6.07, 6.45) is 5.49. The van der Waals surface area contributed by atoms with Crippen LogP contribution in [0.1, 0.15) is 23.8 Å². The van der Waals surface area contributed by atoms with Gasteiger partial charge in [0.25, 0.3) is 0 Å². The largest absolute Gasteiger partial charge is 0.468 e. The summed E-state index contributed by atoms with van der Waals surface area (Å²) in [4.78, 5) is 6.39. The van der Waals surface area contributed by atoms with Gasteiger partial charge >= 0.3 is 0 Å². The van der Waals surface area contributed by atoms with Crippen LogP contribution in [0.3, 0.4) is 0 Å². The Kier molecular flexibility index (Phi) is 5.12. The van der Waals surface area contributed by atoms with Crippen molar-refractivity contribution in [3.05, 3.63) is 53.7 Å². The monoisotopic (exact) mass is 259 g/mol. The van der Waals surface area contributed by atoms with E-state index in [1.165, 1.54) is 11.1 Å². The van der Waals surface area contributed by atoms with E-state index in [1.807, 2.05) is 25.7 Å². The van der Waals surface area contributed by atoms with Gasteiger partial charge in [0.05, 0.1) is 12.8 Å². The standard InChI is InChI=1S/C15H21N3O/c1-3-18(10-13-4-6-17-7-5-13)11-15-8-14(9-16-2)12-19-15/h4-8,12,16H,3,9-11H2,1-2H3. The highest BCUT2D eigenvalue weighted by atomic mass is 16.3. The number of hydrogen-bond donors (Lipinski definition) is 1. The molecule has 0 bridgehead atoms. The summed E-state index contributed by atoms with van der Waals surface area (Å²) < 4.78 is 5.59. The second kappa shape index (κ2) is 7.07. The molecule has 0 atom stereocenters. The van der Waals surface area contributed by atoms with E-state index in [2.05, 4.69) is 40.3 Å². The molecular formula is C15H21N3O. The van der Waals surface area contributed by atoms with Gasteiger partial charge in [-0.25, -0.2) is 0 Å². The third-order valence-corrected chi connectivity index (χ3v) is 3.07. The minimum atomic E-state index is 0.836. The Morgan fingerprint density at radius 3 is 2.68 bits per heavy atom. The van der Waals surface area contributed by atoms with Gasteiger partial charge in [-0.15, -0.1) is 0 Å². The molecule has 0 fully saturated rings. The molecule has 2 rings (SSSR count). The van der Waals surface area contributed by atoms with Crippen LogP contribution in [0, 0.1) is 0 Å². The summed E-state index contributed by atoms with van der Waals surface area (Å²) in [6.45, 7) is 5.76. The molecule has 2 aromatic heterocycles. The van der Waals surface area contributed by atoms with Gasteiger partial charge in [0.15, 0.2) is 0 Å². The van der Waals surface area contributed by atoms with Gasteiger partial charge in [-0.1, -0.05) is 6.92 Å². The number of furan rings is 1. The van der Waals surface area contributed by atoms with E-state index >= 15 is 0 Å². The fourth-order valence-electron chi connectivity index (χ4n) is 2.05. The molecule has 0 radical (unpaired) electrons. The van der Waals surface area contributed by atoms with Crippen LogP contribution in [-0.4, -0.2) is 23.5 Å². The van der Waals surface area contributed by atoms with Crippen LogP contribution >= 0.6 is 0 Å². The highest BCUT2D eigenvalue weighted by Crippen LogP contribution is 2.12. The average Bonchev–Trinajstić information content (AvgIpc) is 2.87. The van der Waals surface area contributed by atoms with Gasteiger partial charge in [-0.3, -0.25) is 9.88 Å². The molecule has 0 aliphatic rings. The van der Waals surface area contributed by atoms with Crippen molar-refractivity contribution in [1.29, 1.82) is 0 Å². The lowest BCUT2D eigenvalue weighted by Gasteiger charge is -2.18. The molecule has 0 unspecified atom stereocenters. The molecule has 19 heavy (non-hydrogen) atoms. The molecule has 2 aromatic rings. The maximum absolute atomic E-state index is 5.59. The summed E-state index contributed by atoms with van der Waals surface area (Å²) in [5.41, 5.74) is 2.47. The Balaban J connectivity index is 1.94. The predicted octanol–water partition coefficient (Wildman–Crippen LogP) is 2.42. The van der Waals surface area contributed by atoms with Crippen LogP contribution in [0.25, 0.3) is 0 Å². The Bertz CT molecular complexity index is 481. The van der Waals surface area contributed by atoms with E-state index in [0.29, 0.717) is 0 Å². The zero-order chi connectivity index (χ0) is 13.5. The fourth-order valence-corrected chi connectivity index (χ4v) is 2.05. The Labute approximate surface area is 114 Å². The van der Waals surface area contributed by atoms with Crippen LogP contribution < -0.4 is 5.32 Å². The second-order valence-electron chi connectivity index (χ2n) is 4.61. The molecule has 0 spiro atoms. The summed E-state index contributed by atoms with van der Waals surface area (Å²) in [7, 11) is 1.94. The fraction of sp³-hybridized carbons (Fsp3) is 0.400. The van der Waals surface area contributed by atoms with Crippen molar-refractivity contribution in [1.82, 2.24) is 15.2 Å². The zero-order valence-electron chi connectivity index (χ0n) is 11.6. The van der Waals surface area contributed by atoms with Crippen LogP contribution in [0.4, 0.5) is 0 Å². The average molecular weight is 259 g/mol. The van der Waals surface area contributed by atoms with Gasteiger partial charge in [-0.2, -0.15) is 0 Å². The van der Waals surface area contributed by atoms with E-state index in [9.17, 15) is 0 Å². The SMILES string of the molecule is CCN(Cc1ccncc1)Cc1cc(CNC)co1. The third-order valence-electron chi connectivity index (χ3n) is 3.07. The lowest BCUT2D eigenvalue weighted by molar-refractivity contribution is 0.247. The van der Waals surface area contributed by atoms with Crippen LogP contribution in [0.5, 0.6) is 0 Å². The number of aromatic nitrogens is 1. The molecule has 0 aliphatic carbocycles. The van der Waals surface area contributed by atoms with E-state index in [-0.39, 0.29) is 0 Å². The summed E-state index contributed by atoms with van der Waals surface area (Å²) >= 11 is 0. The van der Waals surface area contributed by atoms with Crippen molar-refractivity contribution in [2.75, 3.05) is 13.6 Å². The first-order valence-corrected chi connectivity index (χ1v) is 6.64. The number of hydrogen-bond acceptors (Lipinski definition) is 4. The number of nitrogens with one attached hydrogen (secondary N) is 1. The highest BCUT2D eigenvalue weighted by Gasteiger charge is 2.08. The Morgan fingerprint density at radius 1 is 1.21 bits per heavy atom. The van der Waals surface area contributed by atoms with Crippen molar-refractivity contribution in [3.8, 4) is 0 Å². The van der Waals surface area contributed by atoms with E-state index in [4.69, 9.17) is 4.42 Å². The highest BCUT2D eigenvalue weighted by molar-refractivity contribution is 5.13. The van der Waals surface area contributed by atoms with Crippen LogP contribution in [-0.2, 0) is 19.6 Å². The van der Waals surface area contributed by atoms with Crippen molar-refractivity contribution < 1.29 is 4.42 Å². The first kappa shape index (κ1) is 13.8. The Morgan fingerprint density at radius 2 is 2.00 bits per heavy atom. The number of nitrogens with zero attached hydrogens (tertiary/aromatic N) is 2. The van der Waals surface area contributed by atoms with Gasteiger partial charge in [0.2, 0.25) is 0 Å². The molecule has 0 amide bonds. The molecule has 4 heteroatoms. The molecule has 4 nitrogen and oxygen atoms in total. The third kappa shape index (κ3) is 4.19. The van der Waals surface area contributed by atoms with Crippen molar-refractivity contribution in [2.45, 2.75) is 26.6 Å². The zero-order valence-corrected chi connectivity index (χ0v) is 11.6. The molecular weight excluding hydrogens is 238 g/mol. The Hall–Kier alpha value is -1.65. The van der Waals surface area contributed by atoms with E-state index in [0.717, 1.165) is 31.9 Å². The van der Waals surface area contributed by atoms with Crippen LogP contribution in [0.2, 0.25) is 0 Å². The number of rotatable bonds is 7. The van der Waals surface area contributed by atoms with Crippen molar-refractivity contribution in [3.63, 3.8) is 0 Å². The van der Waals surface area contributed by atoms with Gasteiger partial charge in [-0.05, 0) is 37.4 Å². The first-order chi connectivity index (χ1) is 9.31. The lowest BCUT2D eigenvalue weighted by Crippen LogP contribution is -2.22. The molecule has 0 saturated carbocycles. The summed E-state index contributed by atoms with van der Waals surface area (Å²) in [5, 5.41) is 3.12. The lowest BCUT2D eigenvalue weighted by atomic mass is 10.2. The molecule has 0 aliphatic heterocycles. The van der Waals surface area contributed by atoms with Gasteiger partial charge in [0.1, 0.15) is 5.76 Å². The van der Waals surface area contributed by atoms with Gasteiger partial charge < -0.3 is 9.73 Å². The minimum Gasteiger partial charge on any atom is -0.468 e. The van der Waals surface area contributed by atoms with Crippen molar-refractivity contribution >= 4 is 0 Å². The summed E-state index contributed by atoms with van der Waals surface area (Å²) in [6, 6.07) is 6.22. The quantitative estimate of drug-likeness (QED) is 0.829. The van der Waals surface area contributed by atoms with Crippen molar-refractivity contribution in [2.24, 2.45) is 0 Å². The van der Waals surface area contributed by atoms with E-state index in [1.54, 1.807) is 0 Å². The second-order valence-corrected chi connectivity index (χ2v) is 4.61. The molecule has 2 heterocycles. The predicted molar refractivity (Wildman–Crippen MR) is 75.5 cm³/mol. The van der Waals surface area contributed by atoms with Crippen LogP contribution in [0.15, 0.2) is 41.3 Å². The normalized spacial score (nSPS) is 11.1. The molecule has 1 N–H and O–H groups in total. The first-order valence-electron chi connectivity index (χ1n) is 6.64.